The van der Waals surface area contributed by atoms with Crippen LogP contribution in [0, 0.1) is 13.8 Å². The average Bonchev–Trinajstić information content (AvgIpc) is 2.85. The Morgan fingerprint density at radius 1 is 1.44 bits per heavy atom. The lowest BCUT2D eigenvalue weighted by atomic mass is 10.5. The first-order chi connectivity index (χ1) is 8.56. The van der Waals surface area contributed by atoms with Gasteiger partial charge in [0.1, 0.15) is 0 Å². The summed E-state index contributed by atoms with van der Waals surface area (Å²) in [6.45, 7) is 4.63. The quantitative estimate of drug-likeness (QED) is 0.852. The summed E-state index contributed by atoms with van der Waals surface area (Å²) in [6.07, 6.45) is 3.61. The first kappa shape index (κ1) is 13.1. The third-order valence-corrected chi connectivity index (χ3v) is 4.20. The van der Waals surface area contributed by atoms with E-state index in [9.17, 15) is 4.79 Å². The van der Waals surface area contributed by atoms with Crippen LogP contribution < -0.4 is 0 Å². The van der Waals surface area contributed by atoms with Gasteiger partial charge < -0.3 is 9.67 Å². The number of rotatable bonds is 5. The fourth-order valence-electron chi connectivity index (χ4n) is 1.51. The van der Waals surface area contributed by atoms with Crippen molar-refractivity contribution in [2.75, 3.05) is 5.75 Å². The van der Waals surface area contributed by atoms with Crippen molar-refractivity contribution in [1.29, 1.82) is 0 Å². The number of nitrogens with zero attached hydrogens (tertiary/aromatic N) is 3. The van der Waals surface area contributed by atoms with Gasteiger partial charge in [0.2, 0.25) is 0 Å². The van der Waals surface area contributed by atoms with Gasteiger partial charge in [-0.05, 0) is 13.8 Å². The van der Waals surface area contributed by atoms with Crippen LogP contribution in [-0.4, -0.2) is 31.4 Å². The summed E-state index contributed by atoms with van der Waals surface area (Å²) in [7, 11) is 0. The van der Waals surface area contributed by atoms with Gasteiger partial charge in [-0.25, -0.2) is 9.97 Å². The summed E-state index contributed by atoms with van der Waals surface area (Å²) < 4.78 is 2.01. The number of thiazole rings is 1. The van der Waals surface area contributed by atoms with Gasteiger partial charge in [-0.2, -0.15) is 0 Å². The zero-order chi connectivity index (χ0) is 13.1. The Morgan fingerprint density at radius 3 is 2.83 bits per heavy atom. The smallest absolute Gasteiger partial charge is 0.313 e. The van der Waals surface area contributed by atoms with E-state index in [0.29, 0.717) is 6.54 Å². The molecule has 0 aromatic carbocycles. The number of carbonyl (C=O) groups is 1. The number of thioether (sulfide) groups is 1. The monoisotopic (exact) mass is 283 g/mol. The molecule has 0 atom stereocenters. The van der Waals surface area contributed by atoms with Gasteiger partial charge in [0.25, 0.3) is 0 Å². The highest BCUT2D eigenvalue weighted by atomic mass is 32.2. The van der Waals surface area contributed by atoms with Crippen LogP contribution in [0.15, 0.2) is 17.6 Å². The number of aromatic nitrogens is 3. The van der Waals surface area contributed by atoms with E-state index in [0.717, 1.165) is 20.7 Å². The van der Waals surface area contributed by atoms with E-state index in [2.05, 4.69) is 9.97 Å². The molecule has 0 saturated carbocycles. The largest absolute Gasteiger partial charge is 0.481 e. The van der Waals surface area contributed by atoms with Gasteiger partial charge in [-0.3, -0.25) is 4.79 Å². The van der Waals surface area contributed by atoms with Gasteiger partial charge in [0, 0.05) is 23.0 Å². The van der Waals surface area contributed by atoms with E-state index in [1.54, 1.807) is 17.5 Å². The maximum Gasteiger partial charge on any atom is 0.313 e. The van der Waals surface area contributed by atoms with E-state index >= 15 is 0 Å². The highest BCUT2D eigenvalue weighted by Gasteiger charge is 2.11. The third-order valence-electron chi connectivity index (χ3n) is 2.33. The van der Waals surface area contributed by atoms with Crippen molar-refractivity contribution in [2.45, 2.75) is 25.5 Å². The Balaban J connectivity index is 2.16. The van der Waals surface area contributed by atoms with Crippen LogP contribution in [0.2, 0.25) is 0 Å². The standard InChI is InChI=1S/C11H13N3O2S2/c1-7-3-13-11(17-6-10(15)16)14(7)5-9-4-12-8(2)18-9/h3-4H,5-6H2,1-2H3,(H,15,16). The molecular formula is C11H13N3O2S2. The molecule has 0 saturated heterocycles. The molecule has 0 aliphatic carbocycles. The van der Waals surface area contributed by atoms with Crippen molar-refractivity contribution in [1.82, 2.24) is 14.5 Å². The molecule has 0 amide bonds. The van der Waals surface area contributed by atoms with Crippen LogP contribution in [0.4, 0.5) is 0 Å². The van der Waals surface area contributed by atoms with Crippen LogP contribution in [-0.2, 0) is 11.3 Å². The molecule has 0 aliphatic rings. The molecule has 0 bridgehead atoms. The van der Waals surface area contributed by atoms with E-state index in [4.69, 9.17) is 5.11 Å². The maximum absolute atomic E-state index is 10.6. The second kappa shape index (κ2) is 5.53. The lowest BCUT2D eigenvalue weighted by Gasteiger charge is -2.07. The summed E-state index contributed by atoms with van der Waals surface area (Å²) in [5.74, 6) is -0.807. The lowest BCUT2D eigenvalue weighted by molar-refractivity contribution is -0.133. The molecule has 2 aromatic rings. The van der Waals surface area contributed by atoms with Crippen molar-refractivity contribution >= 4 is 29.1 Å². The highest BCUT2D eigenvalue weighted by molar-refractivity contribution is 7.99. The first-order valence-electron chi connectivity index (χ1n) is 5.34. The highest BCUT2D eigenvalue weighted by Crippen LogP contribution is 2.21. The predicted octanol–water partition coefficient (Wildman–Crippen LogP) is 2.18. The normalized spacial score (nSPS) is 10.8. The SMILES string of the molecule is Cc1ncc(Cn2c(C)cnc2SCC(=O)O)s1. The fraction of sp³-hybridized carbons (Fsp3) is 0.364. The second-order valence-corrected chi connectivity index (χ2v) is 6.06. The Labute approximate surface area is 113 Å². The van der Waals surface area contributed by atoms with E-state index in [1.807, 2.05) is 24.6 Å². The molecule has 1 N–H and O–H groups in total. The van der Waals surface area contributed by atoms with E-state index in [-0.39, 0.29) is 5.75 Å². The maximum atomic E-state index is 10.6. The number of aliphatic carboxylic acids is 1. The van der Waals surface area contributed by atoms with Gasteiger partial charge in [0.15, 0.2) is 5.16 Å². The summed E-state index contributed by atoms with van der Waals surface area (Å²) in [5.41, 5.74) is 1.02. The van der Waals surface area contributed by atoms with Crippen molar-refractivity contribution < 1.29 is 9.90 Å². The van der Waals surface area contributed by atoms with Crippen LogP contribution in [0.3, 0.4) is 0 Å². The zero-order valence-electron chi connectivity index (χ0n) is 10.1. The van der Waals surface area contributed by atoms with Crippen molar-refractivity contribution in [2.24, 2.45) is 0 Å². The van der Waals surface area contributed by atoms with Crippen molar-refractivity contribution in [3.63, 3.8) is 0 Å². The minimum atomic E-state index is -0.833. The Hall–Kier alpha value is -1.34. The number of hydrogen-bond donors (Lipinski definition) is 1. The van der Waals surface area contributed by atoms with Crippen molar-refractivity contribution in [3.05, 3.63) is 28.0 Å². The Bertz CT molecular complexity index is 562. The molecule has 0 fully saturated rings. The molecule has 18 heavy (non-hydrogen) atoms. The molecule has 0 aliphatic heterocycles. The molecule has 7 heteroatoms. The Morgan fingerprint density at radius 2 is 2.22 bits per heavy atom. The molecule has 2 aromatic heterocycles. The number of hydrogen-bond acceptors (Lipinski definition) is 5. The molecule has 2 rings (SSSR count). The van der Waals surface area contributed by atoms with Crippen LogP contribution in [0.5, 0.6) is 0 Å². The number of carboxylic acids is 1. The topological polar surface area (TPSA) is 68.0 Å². The van der Waals surface area contributed by atoms with Crippen LogP contribution in [0.25, 0.3) is 0 Å². The minimum Gasteiger partial charge on any atom is -0.481 e. The molecule has 0 radical (unpaired) electrons. The minimum absolute atomic E-state index is 0.0260. The fourth-order valence-corrected chi connectivity index (χ4v) is 3.04. The first-order valence-corrected chi connectivity index (χ1v) is 7.14. The van der Waals surface area contributed by atoms with Crippen LogP contribution >= 0.6 is 23.1 Å². The predicted molar refractivity (Wildman–Crippen MR) is 71.3 cm³/mol. The zero-order valence-corrected chi connectivity index (χ0v) is 11.7. The molecule has 5 nitrogen and oxygen atoms in total. The lowest BCUT2D eigenvalue weighted by Crippen LogP contribution is -2.05. The number of aryl methyl sites for hydroxylation is 2. The molecule has 0 spiro atoms. The van der Waals surface area contributed by atoms with Crippen molar-refractivity contribution in [3.8, 4) is 0 Å². The number of carboxylic acid groups (broad SMARTS) is 1. The third kappa shape index (κ3) is 3.11. The molecule has 2 heterocycles. The summed E-state index contributed by atoms with van der Waals surface area (Å²) in [5, 5.41) is 10.5. The summed E-state index contributed by atoms with van der Waals surface area (Å²) in [6, 6.07) is 0. The van der Waals surface area contributed by atoms with Gasteiger partial charge in [-0.1, -0.05) is 11.8 Å². The second-order valence-electron chi connectivity index (χ2n) is 3.80. The van der Waals surface area contributed by atoms with Gasteiger partial charge >= 0.3 is 5.97 Å². The molecule has 0 unspecified atom stereocenters. The molecular weight excluding hydrogens is 270 g/mol. The molecule has 96 valence electrons. The van der Waals surface area contributed by atoms with Crippen LogP contribution in [0.1, 0.15) is 15.6 Å². The van der Waals surface area contributed by atoms with E-state index in [1.165, 1.54) is 11.8 Å². The van der Waals surface area contributed by atoms with Gasteiger partial charge in [-0.15, -0.1) is 11.3 Å². The van der Waals surface area contributed by atoms with Gasteiger partial charge in [0.05, 0.1) is 17.3 Å². The number of imidazole rings is 1. The Kier molecular flexibility index (Phi) is 4.03. The summed E-state index contributed by atoms with van der Waals surface area (Å²) in [4.78, 5) is 20.2. The average molecular weight is 283 g/mol. The van der Waals surface area contributed by atoms with E-state index < -0.39 is 5.97 Å². The summed E-state index contributed by atoms with van der Waals surface area (Å²) >= 11 is 2.88.